The molecule has 0 radical (unpaired) electrons. The molecular weight excluding hydrogens is 424 g/mol. The van der Waals surface area contributed by atoms with Crippen molar-refractivity contribution in [1.29, 1.82) is 0 Å². The number of aliphatic hydroxyl groups is 1. The summed E-state index contributed by atoms with van der Waals surface area (Å²) in [5.41, 5.74) is 3.29. The van der Waals surface area contributed by atoms with Crippen molar-refractivity contribution in [3.05, 3.63) is 40.3 Å². The lowest BCUT2D eigenvalue weighted by Gasteiger charge is -2.48. The number of carbonyl (C=O) groups excluding carboxylic acids is 1. The number of thiazole rings is 1. The number of aromatic nitrogens is 3. The zero-order valence-corrected chi connectivity index (χ0v) is 19.4. The van der Waals surface area contributed by atoms with Gasteiger partial charge in [-0.05, 0) is 44.7 Å². The van der Waals surface area contributed by atoms with Crippen molar-refractivity contribution in [3.63, 3.8) is 0 Å². The number of anilines is 1. The Balaban J connectivity index is 1.07. The van der Waals surface area contributed by atoms with E-state index in [0.29, 0.717) is 6.04 Å². The average Bonchev–Trinajstić information content (AvgIpc) is 3.39. The zero-order chi connectivity index (χ0) is 22.3. The number of benzene rings is 1. The lowest BCUT2D eigenvalue weighted by atomic mass is 9.80. The third-order valence-electron chi connectivity index (χ3n) is 6.89. The quantitative estimate of drug-likeness (QED) is 0.529. The fourth-order valence-corrected chi connectivity index (χ4v) is 5.77. The summed E-state index contributed by atoms with van der Waals surface area (Å²) < 4.78 is 1.83. The highest BCUT2D eigenvalue weighted by Crippen LogP contribution is 2.40. The van der Waals surface area contributed by atoms with Gasteiger partial charge in [0, 0.05) is 37.8 Å². The van der Waals surface area contributed by atoms with E-state index in [-0.39, 0.29) is 18.5 Å². The molecule has 0 bridgehead atoms. The largest absolute Gasteiger partial charge is 0.384 e. The molecule has 9 heteroatoms. The monoisotopic (exact) mass is 454 g/mol. The molecule has 3 aromatic rings. The van der Waals surface area contributed by atoms with E-state index < -0.39 is 5.60 Å². The topological polar surface area (TPSA) is 95.3 Å². The van der Waals surface area contributed by atoms with Gasteiger partial charge >= 0.3 is 0 Å². The maximum absolute atomic E-state index is 12.5. The Bertz CT molecular complexity index is 1100. The van der Waals surface area contributed by atoms with E-state index in [1.165, 1.54) is 16.9 Å². The predicted molar refractivity (Wildman–Crippen MR) is 126 cm³/mol. The average molecular weight is 455 g/mol. The van der Waals surface area contributed by atoms with Gasteiger partial charge in [-0.3, -0.25) is 19.4 Å². The second kappa shape index (κ2) is 8.46. The van der Waals surface area contributed by atoms with Crippen molar-refractivity contribution in [2.24, 2.45) is 7.05 Å². The van der Waals surface area contributed by atoms with Gasteiger partial charge in [-0.25, -0.2) is 0 Å². The van der Waals surface area contributed by atoms with E-state index in [1.807, 2.05) is 11.7 Å². The molecule has 1 aromatic carbocycles. The maximum atomic E-state index is 12.5. The summed E-state index contributed by atoms with van der Waals surface area (Å²) in [6.07, 6.45) is 5.29. The number of carbonyl (C=O) groups is 1. The number of nitrogens with zero attached hydrogens (tertiary/aromatic N) is 4. The first-order valence-electron chi connectivity index (χ1n) is 11.2. The number of fused-ring (bicyclic) bond motifs is 1. The van der Waals surface area contributed by atoms with Crippen molar-refractivity contribution in [3.8, 4) is 0 Å². The standard InChI is InChI=1S/C23H30N6O2S/c1-15-3-4-19-18(9-15)22(27-28(19)2)25-11-21(30)26-16-12-29(13-16)17-5-7-23(31,8-6-17)20-10-24-14-32-20/h3-4,9-10,14,16-17,31H,5-8,11-13H2,1-2H3,(H,25,27)(H,26,30). The van der Waals surface area contributed by atoms with Crippen LogP contribution in [0.15, 0.2) is 29.9 Å². The molecule has 3 N–H and O–H groups in total. The number of amides is 1. The molecule has 8 nitrogen and oxygen atoms in total. The van der Waals surface area contributed by atoms with Crippen LogP contribution in [-0.2, 0) is 17.4 Å². The van der Waals surface area contributed by atoms with Gasteiger partial charge in [0.2, 0.25) is 5.91 Å². The molecule has 0 unspecified atom stereocenters. The van der Waals surface area contributed by atoms with Crippen LogP contribution in [-0.4, -0.2) is 62.4 Å². The predicted octanol–water partition coefficient (Wildman–Crippen LogP) is 2.38. The number of hydrogen-bond donors (Lipinski definition) is 3. The number of aryl methyl sites for hydroxylation is 2. The Morgan fingerprint density at radius 3 is 2.81 bits per heavy atom. The number of likely N-dealkylation sites (tertiary alicyclic amines) is 1. The summed E-state index contributed by atoms with van der Waals surface area (Å²) in [5.74, 6) is 0.733. The van der Waals surface area contributed by atoms with E-state index in [2.05, 4.69) is 50.7 Å². The minimum absolute atomic E-state index is 0.00989. The van der Waals surface area contributed by atoms with E-state index in [9.17, 15) is 9.90 Å². The molecule has 1 saturated carbocycles. The van der Waals surface area contributed by atoms with E-state index in [4.69, 9.17) is 0 Å². The molecule has 2 fully saturated rings. The van der Waals surface area contributed by atoms with Crippen molar-refractivity contribution < 1.29 is 9.90 Å². The SMILES string of the molecule is Cc1ccc2c(c1)c(NCC(=O)NC1CN(C3CCC(O)(c4cncs4)CC3)C1)nn2C. The number of rotatable bonds is 6. The molecule has 5 rings (SSSR count). The fraction of sp³-hybridized carbons (Fsp3) is 0.522. The summed E-state index contributed by atoms with van der Waals surface area (Å²) in [4.78, 5) is 20.0. The minimum Gasteiger partial charge on any atom is -0.384 e. The van der Waals surface area contributed by atoms with Gasteiger partial charge in [-0.1, -0.05) is 11.6 Å². The molecule has 32 heavy (non-hydrogen) atoms. The maximum Gasteiger partial charge on any atom is 0.239 e. The van der Waals surface area contributed by atoms with E-state index >= 15 is 0 Å². The minimum atomic E-state index is -0.712. The highest BCUT2D eigenvalue weighted by Gasteiger charge is 2.41. The van der Waals surface area contributed by atoms with Crippen LogP contribution in [0, 0.1) is 6.92 Å². The Morgan fingerprint density at radius 2 is 2.09 bits per heavy atom. The number of nitrogens with one attached hydrogen (secondary N) is 2. The van der Waals surface area contributed by atoms with Crippen LogP contribution in [0.1, 0.15) is 36.1 Å². The fourth-order valence-electron chi connectivity index (χ4n) is 4.99. The Labute approximate surface area is 191 Å². The van der Waals surface area contributed by atoms with Crippen LogP contribution in [0.5, 0.6) is 0 Å². The molecule has 1 aliphatic heterocycles. The molecule has 1 aliphatic carbocycles. The first-order valence-corrected chi connectivity index (χ1v) is 12.1. The lowest BCUT2D eigenvalue weighted by molar-refractivity contribution is -0.121. The second-order valence-electron chi connectivity index (χ2n) is 9.19. The van der Waals surface area contributed by atoms with Crippen LogP contribution in [0.25, 0.3) is 10.9 Å². The van der Waals surface area contributed by atoms with Crippen LogP contribution in [0.4, 0.5) is 5.82 Å². The molecule has 2 aliphatic rings. The van der Waals surface area contributed by atoms with Crippen LogP contribution in [0.2, 0.25) is 0 Å². The lowest BCUT2D eigenvalue weighted by Crippen LogP contribution is -2.63. The molecule has 1 amide bonds. The normalized spacial score (nSPS) is 24.4. The van der Waals surface area contributed by atoms with Gasteiger partial charge in [0.1, 0.15) is 5.60 Å². The third kappa shape index (κ3) is 4.12. The highest BCUT2D eigenvalue weighted by atomic mass is 32.1. The molecule has 1 saturated heterocycles. The second-order valence-corrected chi connectivity index (χ2v) is 10.1. The Hall–Kier alpha value is -2.49. The first-order chi connectivity index (χ1) is 15.4. The summed E-state index contributed by atoms with van der Waals surface area (Å²) in [7, 11) is 1.91. The molecule has 0 spiro atoms. The summed E-state index contributed by atoms with van der Waals surface area (Å²) in [5, 5.41) is 22.8. The number of hydrogen-bond acceptors (Lipinski definition) is 7. The van der Waals surface area contributed by atoms with Crippen molar-refractivity contribution in [2.75, 3.05) is 25.0 Å². The van der Waals surface area contributed by atoms with Crippen LogP contribution in [0.3, 0.4) is 0 Å². The summed E-state index contributed by atoms with van der Waals surface area (Å²) in [6, 6.07) is 6.88. The summed E-state index contributed by atoms with van der Waals surface area (Å²) >= 11 is 1.54. The van der Waals surface area contributed by atoms with Crippen LogP contribution >= 0.6 is 11.3 Å². The third-order valence-corrected chi connectivity index (χ3v) is 7.85. The van der Waals surface area contributed by atoms with Gasteiger partial charge in [0.25, 0.3) is 0 Å². The first kappa shape index (κ1) is 21.4. The van der Waals surface area contributed by atoms with E-state index in [0.717, 1.165) is 60.4 Å². The van der Waals surface area contributed by atoms with Crippen molar-refractivity contribution in [1.82, 2.24) is 25.0 Å². The molecule has 170 valence electrons. The van der Waals surface area contributed by atoms with Crippen molar-refractivity contribution in [2.45, 2.75) is 50.3 Å². The van der Waals surface area contributed by atoms with Gasteiger partial charge in [0.15, 0.2) is 5.82 Å². The van der Waals surface area contributed by atoms with Gasteiger partial charge < -0.3 is 15.7 Å². The molecule has 2 aromatic heterocycles. The Morgan fingerprint density at radius 1 is 1.31 bits per heavy atom. The van der Waals surface area contributed by atoms with E-state index in [1.54, 1.807) is 11.7 Å². The molecule has 3 heterocycles. The highest BCUT2D eigenvalue weighted by molar-refractivity contribution is 7.09. The van der Waals surface area contributed by atoms with Crippen LogP contribution < -0.4 is 10.6 Å². The molecular formula is C23H30N6O2S. The van der Waals surface area contributed by atoms with Gasteiger partial charge in [-0.2, -0.15) is 5.10 Å². The van der Waals surface area contributed by atoms with Gasteiger partial charge in [0.05, 0.1) is 28.5 Å². The molecule has 0 atom stereocenters. The zero-order valence-electron chi connectivity index (χ0n) is 18.5. The summed E-state index contributed by atoms with van der Waals surface area (Å²) in [6.45, 7) is 4.02. The Kier molecular flexibility index (Phi) is 5.65. The smallest absolute Gasteiger partial charge is 0.239 e. The van der Waals surface area contributed by atoms with Crippen molar-refractivity contribution >= 4 is 34.0 Å². The van der Waals surface area contributed by atoms with Gasteiger partial charge in [-0.15, -0.1) is 11.3 Å².